The molecule has 2 bridgehead atoms. The number of piperidine rings is 1. The van der Waals surface area contributed by atoms with Crippen molar-refractivity contribution in [1.29, 1.82) is 0 Å². The third-order valence-corrected chi connectivity index (χ3v) is 11.2. The molecule has 43 heavy (non-hydrogen) atoms. The number of nitrogens with zero attached hydrogens (tertiary/aromatic N) is 2. The van der Waals surface area contributed by atoms with Crippen molar-refractivity contribution in [2.45, 2.75) is 69.1 Å². The average Bonchev–Trinajstić information content (AvgIpc) is 3.33. The second-order valence-electron chi connectivity index (χ2n) is 12.6. The summed E-state index contributed by atoms with van der Waals surface area (Å²) >= 11 is 12.4. The van der Waals surface area contributed by atoms with Gasteiger partial charge in [0.2, 0.25) is 5.91 Å². The van der Waals surface area contributed by atoms with Gasteiger partial charge < -0.3 is 14.4 Å². The number of likely N-dealkylation sites (tertiary alicyclic amines) is 1. The Morgan fingerprint density at radius 2 is 1.86 bits per heavy atom. The molecule has 3 aromatic rings. The van der Waals surface area contributed by atoms with Gasteiger partial charge in [-0.05, 0) is 80.0 Å². The Balaban J connectivity index is 1.22. The minimum absolute atomic E-state index is 0.0336. The van der Waals surface area contributed by atoms with E-state index in [1.54, 1.807) is 12.1 Å². The van der Waals surface area contributed by atoms with Crippen LogP contribution in [0.5, 0.6) is 11.5 Å². The predicted molar refractivity (Wildman–Crippen MR) is 167 cm³/mol. The Morgan fingerprint density at radius 1 is 1.05 bits per heavy atom. The molecule has 2 heterocycles. The van der Waals surface area contributed by atoms with E-state index in [0.29, 0.717) is 27.8 Å². The van der Waals surface area contributed by atoms with Gasteiger partial charge in [0.05, 0.1) is 22.5 Å². The summed E-state index contributed by atoms with van der Waals surface area (Å²) in [5, 5.41) is 0.929. The molecule has 8 heteroatoms. The van der Waals surface area contributed by atoms with E-state index in [-0.39, 0.29) is 35.9 Å². The lowest BCUT2D eigenvalue weighted by Gasteiger charge is -2.60. The Labute approximate surface area is 262 Å². The zero-order valence-electron chi connectivity index (χ0n) is 24.5. The number of ether oxygens (including phenoxy) is 2. The first kappa shape index (κ1) is 28.7. The maximum Gasteiger partial charge on any atom is 0.308 e. The van der Waals surface area contributed by atoms with E-state index < -0.39 is 0 Å². The summed E-state index contributed by atoms with van der Waals surface area (Å²) < 4.78 is 12.7. The van der Waals surface area contributed by atoms with Gasteiger partial charge in [0.25, 0.3) is 0 Å². The van der Waals surface area contributed by atoms with Crippen LogP contribution in [0.3, 0.4) is 0 Å². The number of benzene rings is 3. The van der Waals surface area contributed by atoms with Gasteiger partial charge in [-0.3, -0.25) is 14.5 Å². The van der Waals surface area contributed by atoms with Crippen LogP contribution in [0.1, 0.15) is 48.4 Å². The largest absolute Gasteiger partial charge is 0.487 e. The quantitative estimate of drug-likeness (QED) is 0.231. The highest BCUT2D eigenvalue weighted by atomic mass is 35.5. The molecule has 2 fully saturated rings. The molecule has 1 amide bonds. The Bertz CT molecular complexity index is 1580. The number of carbonyl (C=O) groups excluding carboxylic acids is 2. The number of hydrogen-bond acceptors (Lipinski definition) is 5. The number of esters is 1. The van der Waals surface area contributed by atoms with Crippen molar-refractivity contribution in [1.82, 2.24) is 9.80 Å². The van der Waals surface area contributed by atoms with Crippen molar-refractivity contribution in [2.75, 3.05) is 20.1 Å². The van der Waals surface area contributed by atoms with Gasteiger partial charge in [-0.2, -0.15) is 0 Å². The highest BCUT2D eigenvalue weighted by Gasteiger charge is 2.66. The minimum Gasteiger partial charge on any atom is -0.487 e. The molecular formula is C35H36Cl2N2O4. The van der Waals surface area contributed by atoms with E-state index in [1.165, 1.54) is 18.1 Å². The van der Waals surface area contributed by atoms with Crippen molar-refractivity contribution < 1.29 is 19.1 Å². The van der Waals surface area contributed by atoms with Crippen LogP contribution in [-0.2, 0) is 34.3 Å². The van der Waals surface area contributed by atoms with Crippen LogP contribution < -0.4 is 9.47 Å². The van der Waals surface area contributed by atoms with Crippen molar-refractivity contribution >= 4 is 35.1 Å². The molecular weight excluding hydrogens is 583 g/mol. The molecule has 0 N–H and O–H groups in total. The monoisotopic (exact) mass is 618 g/mol. The third kappa shape index (κ3) is 4.83. The smallest absolute Gasteiger partial charge is 0.308 e. The molecule has 0 aromatic heterocycles. The molecule has 0 unspecified atom stereocenters. The highest BCUT2D eigenvalue weighted by molar-refractivity contribution is 6.42. The van der Waals surface area contributed by atoms with Crippen LogP contribution in [-0.4, -0.2) is 60.0 Å². The molecule has 1 spiro atoms. The second kappa shape index (κ2) is 11.1. The highest BCUT2D eigenvalue weighted by Crippen LogP contribution is 2.63. The Morgan fingerprint density at radius 3 is 2.63 bits per heavy atom. The zero-order chi connectivity index (χ0) is 29.9. The summed E-state index contributed by atoms with van der Waals surface area (Å²) in [7, 11) is 1.91. The summed E-state index contributed by atoms with van der Waals surface area (Å²) in [6, 6.07) is 20.1. The Hall–Kier alpha value is -3.06. The van der Waals surface area contributed by atoms with Gasteiger partial charge >= 0.3 is 5.97 Å². The van der Waals surface area contributed by atoms with Crippen LogP contribution >= 0.6 is 23.2 Å². The third-order valence-electron chi connectivity index (χ3n) is 10.4. The first-order valence-corrected chi connectivity index (χ1v) is 16.0. The number of amides is 1. The number of rotatable bonds is 7. The van der Waals surface area contributed by atoms with Gasteiger partial charge in [-0.25, -0.2) is 0 Å². The topological polar surface area (TPSA) is 59.1 Å². The second-order valence-corrected chi connectivity index (χ2v) is 13.4. The van der Waals surface area contributed by atoms with Crippen molar-refractivity contribution in [2.24, 2.45) is 5.92 Å². The lowest BCUT2D eigenvalue weighted by atomic mass is 9.51. The van der Waals surface area contributed by atoms with Gasteiger partial charge in [0.15, 0.2) is 0 Å². The summed E-state index contributed by atoms with van der Waals surface area (Å²) in [6.45, 7) is 3.41. The van der Waals surface area contributed by atoms with Gasteiger partial charge in [0, 0.05) is 43.1 Å². The summed E-state index contributed by atoms with van der Waals surface area (Å²) in [6.07, 6.45) is 4.76. The van der Waals surface area contributed by atoms with Crippen molar-refractivity contribution in [3.63, 3.8) is 0 Å². The van der Waals surface area contributed by atoms with Gasteiger partial charge in [-0.1, -0.05) is 59.6 Å². The maximum atomic E-state index is 13.7. The average molecular weight is 620 g/mol. The normalized spacial score (nSPS) is 26.8. The molecule has 0 radical (unpaired) electrons. The summed E-state index contributed by atoms with van der Waals surface area (Å²) in [4.78, 5) is 30.4. The fourth-order valence-electron chi connectivity index (χ4n) is 8.57. The lowest BCUT2D eigenvalue weighted by molar-refractivity contribution is -0.139. The van der Waals surface area contributed by atoms with Gasteiger partial charge in [0.1, 0.15) is 17.6 Å². The van der Waals surface area contributed by atoms with Crippen LogP contribution in [0.15, 0.2) is 60.7 Å². The SMILES string of the molecule is CC(=O)Oc1ccc2c3c1C[C@@H]1[C@@H]4CC[C@H](N(C)C(=O)Cc5ccc(Cl)c(Cl)c5)[C@H](O2)[C@]34CCN1CCc1ccccc1. The van der Waals surface area contributed by atoms with E-state index in [0.717, 1.165) is 62.1 Å². The number of halogens is 2. The molecule has 2 aliphatic carbocycles. The molecule has 6 nitrogen and oxygen atoms in total. The fraction of sp³-hybridized carbons (Fsp3) is 0.429. The molecule has 2 aliphatic heterocycles. The van der Waals surface area contributed by atoms with E-state index >= 15 is 0 Å². The standard InChI is InChI=1S/C35H36Cl2N2O4/c1-21(40)42-30-12-13-31-33-24(30)20-29-25-9-11-28(38(2)32(41)19-23-8-10-26(36)27(37)18-23)34(43-31)35(25,33)15-17-39(29)16-14-22-6-4-3-5-7-22/h3-8,10,12-13,18,25,28-29,34H,9,11,14-17,19-20H2,1-2H3/t25-,28-,29+,34-,35-/m0/s1. The van der Waals surface area contributed by atoms with E-state index in [2.05, 4.69) is 35.2 Å². The van der Waals surface area contributed by atoms with Crippen LogP contribution in [0.2, 0.25) is 10.0 Å². The Kier molecular flexibility index (Phi) is 7.43. The van der Waals surface area contributed by atoms with Crippen molar-refractivity contribution in [3.05, 3.63) is 93.0 Å². The van der Waals surface area contributed by atoms with Crippen LogP contribution in [0.4, 0.5) is 0 Å². The van der Waals surface area contributed by atoms with Gasteiger partial charge in [-0.15, -0.1) is 0 Å². The first-order chi connectivity index (χ1) is 20.8. The molecule has 3 aromatic carbocycles. The summed E-state index contributed by atoms with van der Waals surface area (Å²) in [5.41, 5.74) is 4.27. The fourth-order valence-corrected chi connectivity index (χ4v) is 8.89. The predicted octanol–water partition coefficient (Wildman–Crippen LogP) is 6.27. The van der Waals surface area contributed by atoms with Crippen LogP contribution in [0, 0.1) is 5.92 Å². The lowest BCUT2D eigenvalue weighted by Crippen LogP contribution is -2.69. The number of likely N-dealkylation sites (N-methyl/N-ethyl adjacent to an activating group) is 1. The molecule has 5 atom stereocenters. The number of carbonyl (C=O) groups is 2. The maximum absolute atomic E-state index is 13.7. The zero-order valence-corrected chi connectivity index (χ0v) is 26.0. The van der Waals surface area contributed by atoms with E-state index in [9.17, 15) is 9.59 Å². The van der Waals surface area contributed by atoms with E-state index in [1.807, 2.05) is 30.1 Å². The minimum atomic E-state index is -0.313. The molecule has 224 valence electrons. The molecule has 1 saturated heterocycles. The first-order valence-electron chi connectivity index (χ1n) is 15.2. The number of hydrogen-bond donors (Lipinski definition) is 0. The van der Waals surface area contributed by atoms with Crippen LogP contribution in [0.25, 0.3) is 0 Å². The van der Waals surface area contributed by atoms with E-state index in [4.69, 9.17) is 32.7 Å². The molecule has 4 aliphatic rings. The summed E-state index contributed by atoms with van der Waals surface area (Å²) in [5.74, 6) is 1.65. The molecule has 7 rings (SSSR count). The molecule has 1 saturated carbocycles. The van der Waals surface area contributed by atoms with Crippen molar-refractivity contribution in [3.8, 4) is 11.5 Å².